The molecule has 1 heterocycles. The van der Waals surface area contributed by atoms with Crippen LogP contribution in [-0.2, 0) is 11.4 Å². The van der Waals surface area contributed by atoms with Gasteiger partial charge in [0.05, 0.1) is 6.61 Å². The van der Waals surface area contributed by atoms with Crippen LogP contribution in [-0.4, -0.2) is 30.0 Å². The molecule has 168 valence electrons. The number of halogens is 1. The Labute approximate surface area is 200 Å². The van der Waals surface area contributed by atoms with E-state index < -0.39 is 11.9 Å². The van der Waals surface area contributed by atoms with E-state index in [1.807, 2.05) is 37.3 Å². The average Bonchev–Trinajstić information content (AvgIpc) is 3.08. The smallest absolute Gasteiger partial charge is 0.329 e. The van der Waals surface area contributed by atoms with Crippen molar-refractivity contribution in [3.8, 4) is 11.5 Å². The molecule has 0 atom stereocenters. The summed E-state index contributed by atoms with van der Waals surface area (Å²) < 4.78 is 12.7. The van der Waals surface area contributed by atoms with Crippen LogP contribution in [0, 0.1) is 0 Å². The summed E-state index contributed by atoms with van der Waals surface area (Å²) in [7, 11) is 0. The van der Waals surface area contributed by atoms with Crippen molar-refractivity contribution in [2.75, 3.05) is 13.2 Å². The van der Waals surface area contributed by atoms with Gasteiger partial charge in [0.1, 0.15) is 12.3 Å². The van der Waals surface area contributed by atoms with Crippen molar-refractivity contribution in [3.63, 3.8) is 0 Å². The molecular formula is C26H23BrN2O4. The molecule has 1 fully saturated rings. The lowest BCUT2D eigenvalue weighted by atomic mass is 10.1. The fourth-order valence-corrected chi connectivity index (χ4v) is 4.08. The molecule has 0 radical (unpaired) electrons. The highest BCUT2D eigenvalue weighted by Crippen LogP contribution is 2.36. The third-order valence-electron chi connectivity index (χ3n) is 5.20. The number of hydrogen-bond acceptors (Lipinski definition) is 4. The van der Waals surface area contributed by atoms with Crippen molar-refractivity contribution in [2.24, 2.45) is 0 Å². The lowest BCUT2D eigenvalue weighted by molar-refractivity contribution is -0.122. The lowest BCUT2D eigenvalue weighted by Gasteiger charge is -2.15. The van der Waals surface area contributed by atoms with Crippen LogP contribution in [0.15, 0.2) is 77.4 Å². The summed E-state index contributed by atoms with van der Waals surface area (Å²) in [5, 5.41) is 4.89. The Bertz CT molecular complexity index is 1260. The van der Waals surface area contributed by atoms with Crippen LogP contribution in [0.25, 0.3) is 16.8 Å². The molecule has 33 heavy (non-hydrogen) atoms. The summed E-state index contributed by atoms with van der Waals surface area (Å²) in [6, 6.07) is 17.4. The lowest BCUT2D eigenvalue weighted by Crippen LogP contribution is -2.30. The van der Waals surface area contributed by atoms with Gasteiger partial charge in [0.15, 0.2) is 11.5 Å². The van der Waals surface area contributed by atoms with Crippen molar-refractivity contribution < 1.29 is 19.1 Å². The molecule has 1 aliphatic heterocycles. The molecule has 3 aromatic carbocycles. The quantitative estimate of drug-likeness (QED) is 0.243. The third kappa shape index (κ3) is 4.78. The highest BCUT2D eigenvalue weighted by molar-refractivity contribution is 9.10. The molecule has 1 aliphatic rings. The summed E-state index contributed by atoms with van der Waals surface area (Å²) >= 11 is 3.55. The minimum Gasteiger partial charge on any atom is -0.490 e. The van der Waals surface area contributed by atoms with Gasteiger partial charge in [-0.1, -0.05) is 64.5 Å². The number of nitrogens with one attached hydrogen (secondary N) is 1. The van der Waals surface area contributed by atoms with Crippen LogP contribution >= 0.6 is 15.9 Å². The summed E-state index contributed by atoms with van der Waals surface area (Å²) in [6.07, 6.45) is 3.12. The number of imide groups is 1. The minimum atomic E-state index is -0.470. The molecule has 4 rings (SSSR count). The van der Waals surface area contributed by atoms with Crippen LogP contribution in [0.2, 0.25) is 0 Å². The van der Waals surface area contributed by atoms with Gasteiger partial charge in [0.2, 0.25) is 0 Å². The highest BCUT2D eigenvalue weighted by Gasteiger charge is 2.32. The summed E-state index contributed by atoms with van der Waals surface area (Å²) in [5.74, 6) is 0.724. The van der Waals surface area contributed by atoms with Crippen LogP contribution in [0.1, 0.15) is 18.1 Å². The first-order valence-electron chi connectivity index (χ1n) is 10.5. The minimum absolute atomic E-state index is 0.147. The average molecular weight is 507 g/mol. The molecule has 3 aromatic rings. The number of carbonyl (C=O) groups is 2. The van der Waals surface area contributed by atoms with E-state index in [9.17, 15) is 9.59 Å². The molecular weight excluding hydrogens is 484 g/mol. The Hall–Kier alpha value is -3.58. The first-order chi connectivity index (χ1) is 16.0. The van der Waals surface area contributed by atoms with Crippen LogP contribution in [0.4, 0.5) is 4.79 Å². The zero-order chi connectivity index (χ0) is 23.4. The molecule has 3 amide bonds. The number of carbonyl (C=O) groups excluding carboxylic acids is 2. The Morgan fingerprint density at radius 3 is 2.61 bits per heavy atom. The Morgan fingerprint density at radius 2 is 1.82 bits per heavy atom. The van der Waals surface area contributed by atoms with Crippen LogP contribution < -0.4 is 14.8 Å². The van der Waals surface area contributed by atoms with Gasteiger partial charge in [0, 0.05) is 11.0 Å². The highest BCUT2D eigenvalue weighted by atomic mass is 79.9. The monoisotopic (exact) mass is 506 g/mol. The third-order valence-corrected chi connectivity index (χ3v) is 5.89. The molecule has 0 bridgehead atoms. The Kier molecular flexibility index (Phi) is 6.79. The number of fused-ring (bicyclic) bond motifs is 1. The number of urea groups is 1. The van der Waals surface area contributed by atoms with E-state index in [1.54, 1.807) is 12.1 Å². The molecule has 7 heteroatoms. The largest absolute Gasteiger partial charge is 0.490 e. The van der Waals surface area contributed by atoms with Gasteiger partial charge in [-0.15, -0.1) is 6.58 Å². The first kappa shape index (κ1) is 22.6. The van der Waals surface area contributed by atoms with Crippen LogP contribution in [0.3, 0.4) is 0 Å². The van der Waals surface area contributed by atoms with Gasteiger partial charge in [0.25, 0.3) is 5.91 Å². The van der Waals surface area contributed by atoms with E-state index in [4.69, 9.17) is 9.47 Å². The molecule has 6 nitrogen and oxygen atoms in total. The second kappa shape index (κ2) is 9.92. The van der Waals surface area contributed by atoms with E-state index in [1.165, 1.54) is 6.08 Å². The number of benzene rings is 3. The number of hydrogen-bond donors (Lipinski definition) is 1. The first-order valence-corrected chi connectivity index (χ1v) is 11.3. The summed E-state index contributed by atoms with van der Waals surface area (Å²) in [6.45, 7) is 6.45. The van der Waals surface area contributed by atoms with Gasteiger partial charge >= 0.3 is 6.03 Å². The summed E-state index contributed by atoms with van der Waals surface area (Å²) in [4.78, 5) is 25.7. The number of ether oxygens (including phenoxy) is 2. The normalized spacial score (nSPS) is 14.6. The molecule has 0 unspecified atom stereocenters. The topological polar surface area (TPSA) is 67.9 Å². The second-order valence-electron chi connectivity index (χ2n) is 7.37. The van der Waals surface area contributed by atoms with E-state index in [-0.39, 0.29) is 12.2 Å². The van der Waals surface area contributed by atoms with Crippen molar-refractivity contribution >= 4 is 44.7 Å². The van der Waals surface area contributed by atoms with E-state index in [2.05, 4.69) is 46.0 Å². The van der Waals surface area contributed by atoms with Gasteiger partial charge in [-0.05, 0) is 47.0 Å². The predicted molar refractivity (Wildman–Crippen MR) is 132 cm³/mol. The van der Waals surface area contributed by atoms with E-state index >= 15 is 0 Å². The fourth-order valence-electron chi connectivity index (χ4n) is 3.64. The number of rotatable bonds is 8. The second-order valence-corrected chi connectivity index (χ2v) is 8.23. The zero-order valence-corrected chi connectivity index (χ0v) is 19.7. The Morgan fingerprint density at radius 1 is 1.06 bits per heavy atom. The van der Waals surface area contributed by atoms with Crippen molar-refractivity contribution in [1.29, 1.82) is 0 Å². The predicted octanol–water partition coefficient (Wildman–Crippen LogP) is 5.66. The molecule has 0 aromatic heterocycles. The maximum atomic E-state index is 12.5. The molecule has 1 saturated heterocycles. The van der Waals surface area contributed by atoms with Gasteiger partial charge in [-0.3, -0.25) is 9.69 Å². The van der Waals surface area contributed by atoms with Gasteiger partial charge in [-0.25, -0.2) is 4.79 Å². The van der Waals surface area contributed by atoms with Gasteiger partial charge in [-0.2, -0.15) is 0 Å². The van der Waals surface area contributed by atoms with Gasteiger partial charge < -0.3 is 14.8 Å². The molecule has 0 spiro atoms. The van der Waals surface area contributed by atoms with Crippen molar-refractivity contribution in [2.45, 2.75) is 13.5 Å². The molecule has 0 aliphatic carbocycles. The molecule has 0 saturated carbocycles. The zero-order valence-electron chi connectivity index (χ0n) is 18.1. The molecule has 1 N–H and O–H groups in total. The van der Waals surface area contributed by atoms with Crippen molar-refractivity contribution in [1.82, 2.24) is 10.2 Å². The SMILES string of the molecule is C=CCN1C(=O)N/C(=C/c2cc(OCC)c(OCc3cccc4ccccc34)cc2Br)C1=O. The standard InChI is InChI=1S/C26H23BrN2O4/c1-3-12-29-25(30)22(28-26(29)31)13-19-14-23(32-4-2)24(15-21(19)27)33-16-18-10-7-9-17-8-5-6-11-20(17)18/h3,5-11,13-15H,1,4,12,16H2,2H3,(H,28,31)/b22-13+. The maximum Gasteiger partial charge on any atom is 0.329 e. The summed E-state index contributed by atoms with van der Waals surface area (Å²) in [5.41, 5.74) is 1.94. The van der Waals surface area contributed by atoms with Crippen molar-refractivity contribution in [3.05, 3.63) is 88.5 Å². The fraction of sp³-hybridized carbons (Fsp3) is 0.154. The number of nitrogens with zero attached hydrogens (tertiary/aromatic N) is 1. The van der Waals surface area contributed by atoms with Crippen LogP contribution in [0.5, 0.6) is 11.5 Å². The van der Waals surface area contributed by atoms with E-state index in [0.29, 0.717) is 34.7 Å². The Balaban J connectivity index is 1.62. The van der Waals surface area contributed by atoms with E-state index in [0.717, 1.165) is 21.2 Å². The maximum absolute atomic E-state index is 12.5. The number of amides is 3.